The van der Waals surface area contributed by atoms with Gasteiger partial charge < -0.3 is 15.0 Å². The molecule has 5 heteroatoms. The maximum Gasteiger partial charge on any atom is 0.239 e. The van der Waals surface area contributed by atoms with Gasteiger partial charge in [0.05, 0.1) is 12.1 Å². The molecule has 3 saturated heterocycles. The van der Waals surface area contributed by atoms with E-state index < -0.39 is 0 Å². The van der Waals surface area contributed by atoms with Gasteiger partial charge in [-0.05, 0) is 45.2 Å². The smallest absolute Gasteiger partial charge is 0.239 e. The highest BCUT2D eigenvalue weighted by molar-refractivity contribution is 5.82. The van der Waals surface area contributed by atoms with E-state index in [2.05, 4.69) is 15.1 Å². The van der Waals surface area contributed by atoms with Crippen LogP contribution in [0.2, 0.25) is 0 Å². The summed E-state index contributed by atoms with van der Waals surface area (Å²) < 4.78 is 5.73. The Hall–Kier alpha value is -0.650. The van der Waals surface area contributed by atoms with Gasteiger partial charge in [-0.15, -0.1) is 0 Å². The van der Waals surface area contributed by atoms with Crippen molar-refractivity contribution in [1.82, 2.24) is 15.1 Å². The Morgan fingerprint density at radius 2 is 2.00 bits per heavy atom. The first kappa shape index (κ1) is 15.3. The van der Waals surface area contributed by atoms with Gasteiger partial charge in [-0.1, -0.05) is 6.42 Å². The molecular weight excluding hydrogens is 266 g/mol. The average Bonchev–Trinajstić information content (AvgIpc) is 2.92. The minimum absolute atomic E-state index is 0.0727. The summed E-state index contributed by atoms with van der Waals surface area (Å²) in [5.41, 5.74) is 0. The fourth-order valence-electron chi connectivity index (χ4n) is 3.73. The minimum atomic E-state index is 0.0727. The topological polar surface area (TPSA) is 44.8 Å². The van der Waals surface area contributed by atoms with Crippen molar-refractivity contribution in [3.8, 4) is 0 Å². The number of hydrogen-bond donors (Lipinski definition) is 1. The van der Waals surface area contributed by atoms with Gasteiger partial charge in [-0.2, -0.15) is 0 Å². The van der Waals surface area contributed by atoms with Crippen LogP contribution in [0.5, 0.6) is 0 Å². The maximum atomic E-state index is 12.6. The van der Waals surface area contributed by atoms with Gasteiger partial charge in [-0.3, -0.25) is 9.69 Å². The number of carbonyl (C=O) groups excluding carboxylic acids is 1. The molecule has 3 aliphatic rings. The quantitative estimate of drug-likeness (QED) is 0.838. The van der Waals surface area contributed by atoms with Crippen LogP contribution >= 0.6 is 0 Å². The lowest BCUT2D eigenvalue weighted by molar-refractivity contribution is -0.133. The molecule has 0 aromatic carbocycles. The zero-order valence-electron chi connectivity index (χ0n) is 13.1. The Bertz CT molecular complexity index is 338. The van der Waals surface area contributed by atoms with E-state index in [0.717, 1.165) is 58.7 Å². The van der Waals surface area contributed by atoms with Gasteiger partial charge in [0.15, 0.2) is 0 Å². The number of piperidine rings is 1. The molecule has 3 rings (SSSR count). The molecule has 0 saturated carbocycles. The number of nitrogens with one attached hydrogen (secondary N) is 1. The van der Waals surface area contributed by atoms with E-state index in [4.69, 9.17) is 4.74 Å². The van der Waals surface area contributed by atoms with Gasteiger partial charge in [0.2, 0.25) is 5.91 Å². The number of ether oxygens (including phenoxy) is 1. The molecule has 0 bridgehead atoms. The molecule has 2 atom stereocenters. The lowest BCUT2D eigenvalue weighted by Crippen LogP contribution is -2.49. The largest absolute Gasteiger partial charge is 0.377 e. The van der Waals surface area contributed by atoms with Crippen LogP contribution in [0.25, 0.3) is 0 Å². The molecule has 0 radical (unpaired) electrons. The zero-order chi connectivity index (χ0) is 14.5. The SMILES string of the molecule is O=C(C1CCCCN1)N1CCCN(CC2CCCO2)CC1. The highest BCUT2D eigenvalue weighted by Gasteiger charge is 2.28. The summed E-state index contributed by atoms with van der Waals surface area (Å²) in [5.74, 6) is 0.327. The van der Waals surface area contributed by atoms with E-state index in [-0.39, 0.29) is 6.04 Å². The summed E-state index contributed by atoms with van der Waals surface area (Å²) >= 11 is 0. The molecule has 3 heterocycles. The van der Waals surface area contributed by atoms with Gasteiger partial charge in [-0.25, -0.2) is 0 Å². The van der Waals surface area contributed by atoms with E-state index in [1.54, 1.807) is 0 Å². The molecule has 1 amide bonds. The van der Waals surface area contributed by atoms with Crippen molar-refractivity contribution >= 4 is 5.91 Å². The van der Waals surface area contributed by atoms with Crippen molar-refractivity contribution in [2.75, 3.05) is 45.9 Å². The van der Waals surface area contributed by atoms with Crippen molar-refractivity contribution in [1.29, 1.82) is 0 Å². The molecule has 3 aliphatic heterocycles. The molecule has 5 nitrogen and oxygen atoms in total. The van der Waals surface area contributed by atoms with Crippen LogP contribution in [0.4, 0.5) is 0 Å². The standard InChI is InChI=1S/C16H29N3O2/c20-16(15-6-1-2-7-17-15)19-9-4-8-18(10-11-19)13-14-5-3-12-21-14/h14-15,17H,1-13H2. The first-order chi connectivity index (χ1) is 10.3. The monoisotopic (exact) mass is 295 g/mol. The van der Waals surface area contributed by atoms with Crippen molar-refractivity contribution in [3.05, 3.63) is 0 Å². The van der Waals surface area contributed by atoms with E-state index in [9.17, 15) is 4.79 Å². The fourth-order valence-corrected chi connectivity index (χ4v) is 3.73. The fraction of sp³-hybridized carbons (Fsp3) is 0.938. The van der Waals surface area contributed by atoms with Crippen LogP contribution in [0.1, 0.15) is 38.5 Å². The highest BCUT2D eigenvalue weighted by atomic mass is 16.5. The van der Waals surface area contributed by atoms with E-state index >= 15 is 0 Å². The molecule has 120 valence electrons. The average molecular weight is 295 g/mol. The Morgan fingerprint density at radius 1 is 1.05 bits per heavy atom. The molecule has 3 fully saturated rings. The van der Waals surface area contributed by atoms with Crippen LogP contribution in [0, 0.1) is 0 Å². The van der Waals surface area contributed by atoms with Crippen molar-refractivity contribution in [2.24, 2.45) is 0 Å². The predicted molar refractivity (Wildman–Crippen MR) is 82.3 cm³/mol. The van der Waals surface area contributed by atoms with Gasteiger partial charge in [0, 0.05) is 32.8 Å². The third kappa shape index (κ3) is 4.18. The lowest BCUT2D eigenvalue weighted by atomic mass is 10.0. The summed E-state index contributed by atoms with van der Waals surface area (Å²) in [7, 11) is 0. The lowest BCUT2D eigenvalue weighted by Gasteiger charge is -2.29. The molecule has 1 N–H and O–H groups in total. The predicted octanol–water partition coefficient (Wildman–Crippen LogP) is 0.842. The molecule has 0 spiro atoms. The minimum Gasteiger partial charge on any atom is -0.377 e. The van der Waals surface area contributed by atoms with Crippen LogP contribution in [-0.4, -0.2) is 73.7 Å². The summed E-state index contributed by atoms with van der Waals surface area (Å²) in [5, 5.41) is 3.38. The number of amides is 1. The van der Waals surface area contributed by atoms with Crippen LogP contribution in [-0.2, 0) is 9.53 Å². The summed E-state index contributed by atoms with van der Waals surface area (Å²) in [6.07, 6.45) is 7.32. The molecular formula is C16H29N3O2. The zero-order valence-corrected chi connectivity index (χ0v) is 13.1. The van der Waals surface area contributed by atoms with Gasteiger partial charge >= 0.3 is 0 Å². The van der Waals surface area contributed by atoms with E-state index in [1.807, 2.05) is 0 Å². The van der Waals surface area contributed by atoms with Crippen LogP contribution in [0.3, 0.4) is 0 Å². The Kier molecular flexibility index (Phi) is 5.49. The number of carbonyl (C=O) groups is 1. The second-order valence-corrected chi connectivity index (χ2v) is 6.62. The first-order valence-corrected chi connectivity index (χ1v) is 8.69. The summed E-state index contributed by atoms with van der Waals surface area (Å²) in [4.78, 5) is 17.1. The van der Waals surface area contributed by atoms with E-state index in [0.29, 0.717) is 12.0 Å². The Balaban J connectivity index is 1.46. The first-order valence-electron chi connectivity index (χ1n) is 8.69. The second-order valence-electron chi connectivity index (χ2n) is 6.62. The molecule has 21 heavy (non-hydrogen) atoms. The highest BCUT2D eigenvalue weighted by Crippen LogP contribution is 2.16. The molecule has 2 unspecified atom stereocenters. The van der Waals surface area contributed by atoms with Crippen LogP contribution < -0.4 is 5.32 Å². The Morgan fingerprint density at radius 3 is 2.76 bits per heavy atom. The van der Waals surface area contributed by atoms with Crippen molar-refractivity contribution in [2.45, 2.75) is 50.7 Å². The normalized spacial score (nSPS) is 32.1. The molecule has 0 aromatic heterocycles. The Labute approximate surface area is 128 Å². The van der Waals surface area contributed by atoms with E-state index in [1.165, 1.54) is 25.7 Å². The molecule has 0 aliphatic carbocycles. The summed E-state index contributed by atoms with van der Waals surface area (Å²) in [6, 6.07) is 0.0727. The van der Waals surface area contributed by atoms with Gasteiger partial charge in [0.1, 0.15) is 0 Å². The number of rotatable bonds is 3. The molecule has 0 aromatic rings. The number of hydrogen-bond acceptors (Lipinski definition) is 4. The summed E-state index contributed by atoms with van der Waals surface area (Å²) in [6.45, 7) is 6.86. The maximum absolute atomic E-state index is 12.6. The number of nitrogens with zero attached hydrogens (tertiary/aromatic N) is 2. The van der Waals surface area contributed by atoms with Crippen molar-refractivity contribution < 1.29 is 9.53 Å². The van der Waals surface area contributed by atoms with Crippen molar-refractivity contribution in [3.63, 3.8) is 0 Å². The van der Waals surface area contributed by atoms with Gasteiger partial charge in [0.25, 0.3) is 0 Å². The second kappa shape index (κ2) is 7.56. The third-order valence-electron chi connectivity index (χ3n) is 4.99. The van der Waals surface area contributed by atoms with Crippen LogP contribution in [0.15, 0.2) is 0 Å². The third-order valence-corrected chi connectivity index (χ3v) is 4.99.